The minimum absolute atomic E-state index is 0.133. The second-order valence-electron chi connectivity index (χ2n) is 5.53. The molecule has 4 N–H and O–H groups in total. The van der Waals surface area contributed by atoms with Gasteiger partial charge in [-0.15, -0.1) is 0 Å². The molecule has 1 rings (SSSR count). The molecule has 21 heavy (non-hydrogen) atoms. The predicted octanol–water partition coefficient (Wildman–Crippen LogP) is 1.58. The first-order valence-electron chi connectivity index (χ1n) is 6.75. The summed E-state index contributed by atoms with van der Waals surface area (Å²) >= 11 is 0. The summed E-state index contributed by atoms with van der Waals surface area (Å²) < 4.78 is 0. The fourth-order valence-corrected chi connectivity index (χ4v) is 1.85. The molecule has 2 amide bonds. The Balaban J connectivity index is 2.46. The molecule has 6 heteroatoms. The van der Waals surface area contributed by atoms with Crippen molar-refractivity contribution < 1.29 is 19.8 Å². The molecule has 1 aromatic carbocycles. The van der Waals surface area contributed by atoms with E-state index < -0.39 is 24.0 Å². The van der Waals surface area contributed by atoms with Crippen LogP contribution in [-0.4, -0.2) is 34.4 Å². The smallest absolute Gasteiger partial charge is 0.315 e. The van der Waals surface area contributed by atoms with Gasteiger partial charge in [0.15, 0.2) is 0 Å². The fourth-order valence-electron chi connectivity index (χ4n) is 1.85. The van der Waals surface area contributed by atoms with Crippen molar-refractivity contribution in [2.24, 2.45) is 0 Å². The lowest BCUT2D eigenvalue weighted by Crippen LogP contribution is -2.46. The molecule has 0 spiro atoms. The van der Waals surface area contributed by atoms with Crippen LogP contribution in [0.5, 0.6) is 0 Å². The zero-order valence-electron chi connectivity index (χ0n) is 12.5. The minimum Gasteiger partial charge on any atom is -0.481 e. The first kappa shape index (κ1) is 17.0. The van der Waals surface area contributed by atoms with Gasteiger partial charge in [0.2, 0.25) is 0 Å². The van der Waals surface area contributed by atoms with E-state index in [0.29, 0.717) is 0 Å². The van der Waals surface area contributed by atoms with Crippen LogP contribution >= 0.6 is 0 Å². The van der Waals surface area contributed by atoms with Crippen molar-refractivity contribution in [3.63, 3.8) is 0 Å². The minimum atomic E-state index is -1.48. The highest BCUT2D eigenvalue weighted by atomic mass is 16.4. The van der Waals surface area contributed by atoms with Crippen LogP contribution in [0.4, 0.5) is 4.79 Å². The molecule has 0 aromatic heterocycles. The number of hydrogen-bond acceptors (Lipinski definition) is 3. The van der Waals surface area contributed by atoms with E-state index in [2.05, 4.69) is 10.6 Å². The Hall–Kier alpha value is -2.08. The molecule has 1 aromatic rings. The first-order chi connectivity index (χ1) is 9.69. The lowest BCUT2D eigenvalue weighted by Gasteiger charge is -2.22. The molecule has 0 aliphatic carbocycles. The summed E-state index contributed by atoms with van der Waals surface area (Å²) in [6, 6.07) is 7.15. The SMILES string of the molecule is Cc1ccc(C(C)NC(=O)NCC(C)(O)CC(=O)O)cc1. The van der Waals surface area contributed by atoms with Gasteiger partial charge in [-0.05, 0) is 26.3 Å². The maximum Gasteiger partial charge on any atom is 0.315 e. The van der Waals surface area contributed by atoms with Crippen molar-refractivity contribution >= 4 is 12.0 Å². The fraction of sp³-hybridized carbons (Fsp3) is 0.467. The maximum absolute atomic E-state index is 11.7. The summed E-state index contributed by atoms with van der Waals surface area (Å²) in [7, 11) is 0. The molecular formula is C15H22N2O4. The number of carbonyl (C=O) groups excluding carboxylic acids is 1. The first-order valence-corrected chi connectivity index (χ1v) is 6.75. The Labute approximate surface area is 124 Å². The van der Waals surface area contributed by atoms with E-state index in [0.717, 1.165) is 11.1 Å². The van der Waals surface area contributed by atoms with Gasteiger partial charge in [-0.2, -0.15) is 0 Å². The van der Waals surface area contributed by atoms with Crippen molar-refractivity contribution in [1.82, 2.24) is 10.6 Å². The lowest BCUT2D eigenvalue weighted by atomic mass is 10.0. The van der Waals surface area contributed by atoms with Gasteiger partial charge in [-0.3, -0.25) is 4.79 Å². The monoisotopic (exact) mass is 294 g/mol. The van der Waals surface area contributed by atoms with Gasteiger partial charge in [0.05, 0.1) is 18.1 Å². The van der Waals surface area contributed by atoms with Crippen molar-refractivity contribution in [2.45, 2.75) is 38.8 Å². The highest BCUT2D eigenvalue weighted by molar-refractivity contribution is 5.74. The van der Waals surface area contributed by atoms with E-state index in [-0.39, 0.29) is 12.6 Å². The molecule has 0 radical (unpaired) electrons. The summed E-state index contributed by atoms with van der Waals surface area (Å²) in [6.07, 6.45) is -0.430. The topological polar surface area (TPSA) is 98.7 Å². The van der Waals surface area contributed by atoms with Crippen LogP contribution in [0.15, 0.2) is 24.3 Å². The number of nitrogens with one attached hydrogen (secondary N) is 2. The van der Waals surface area contributed by atoms with Gasteiger partial charge in [-0.1, -0.05) is 29.8 Å². The summed E-state index contributed by atoms with van der Waals surface area (Å²) in [5.41, 5.74) is 0.629. The van der Waals surface area contributed by atoms with Crippen LogP contribution in [0.2, 0.25) is 0 Å². The second-order valence-corrected chi connectivity index (χ2v) is 5.53. The number of aryl methyl sites for hydroxylation is 1. The number of aliphatic carboxylic acids is 1. The third kappa shape index (κ3) is 6.27. The summed E-state index contributed by atoms with van der Waals surface area (Å²) in [5.74, 6) is -1.12. The van der Waals surface area contributed by atoms with Gasteiger partial charge < -0.3 is 20.8 Å². The second kappa shape index (κ2) is 7.08. The molecule has 0 saturated heterocycles. The number of carboxylic acid groups (broad SMARTS) is 1. The van der Waals surface area contributed by atoms with Crippen molar-refractivity contribution in [1.29, 1.82) is 0 Å². The Kier molecular flexibility index (Phi) is 5.72. The number of hydrogen-bond donors (Lipinski definition) is 4. The van der Waals surface area contributed by atoms with Gasteiger partial charge in [0.25, 0.3) is 0 Å². The molecule has 0 saturated carbocycles. The third-order valence-electron chi connectivity index (χ3n) is 3.09. The number of urea groups is 1. The van der Waals surface area contributed by atoms with E-state index in [1.165, 1.54) is 6.92 Å². The van der Waals surface area contributed by atoms with Gasteiger partial charge in [-0.25, -0.2) is 4.79 Å². The number of carbonyl (C=O) groups is 2. The van der Waals surface area contributed by atoms with Gasteiger partial charge in [0, 0.05) is 6.54 Å². The number of carboxylic acids is 1. The molecule has 2 atom stereocenters. The maximum atomic E-state index is 11.7. The van der Waals surface area contributed by atoms with Crippen LogP contribution in [0.25, 0.3) is 0 Å². The third-order valence-corrected chi connectivity index (χ3v) is 3.09. The average molecular weight is 294 g/mol. The standard InChI is InChI=1S/C15H22N2O4/c1-10-4-6-12(7-5-10)11(2)17-14(20)16-9-15(3,21)8-13(18)19/h4-7,11,21H,8-9H2,1-3H3,(H,18,19)(H2,16,17,20). The zero-order valence-corrected chi connectivity index (χ0v) is 12.5. The highest BCUT2D eigenvalue weighted by Gasteiger charge is 2.25. The van der Waals surface area contributed by atoms with Crippen LogP contribution < -0.4 is 10.6 Å². The average Bonchev–Trinajstić information content (AvgIpc) is 2.36. The van der Waals surface area contributed by atoms with E-state index >= 15 is 0 Å². The molecule has 0 fully saturated rings. The van der Waals surface area contributed by atoms with E-state index in [9.17, 15) is 14.7 Å². The van der Waals surface area contributed by atoms with Crippen molar-refractivity contribution in [3.8, 4) is 0 Å². The lowest BCUT2D eigenvalue weighted by molar-refractivity contribution is -0.141. The normalized spacial score (nSPS) is 14.9. The largest absolute Gasteiger partial charge is 0.481 e. The molecular weight excluding hydrogens is 272 g/mol. The molecule has 116 valence electrons. The Morgan fingerprint density at radius 1 is 1.29 bits per heavy atom. The number of amides is 2. The summed E-state index contributed by atoms with van der Waals surface area (Å²) in [6.45, 7) is 5.06. The zero-order chi connectivity index (χ0) is 16.0. The van der Waals surface area contributed by atoms with Crippen LogP contribution in [-0.2, 0) is 4.79 Å². The molecule has 0 bridgehead atoms. The molecule has 0 aliphatic rings. The van der Waals surface area contributed by atoms with E-state index in [1.807, 2.05) is 38.1 Å². The summed E-state index contributed by atoms with van der Waals surface area (Å²) in [4.78, 5) is 22.3. The van der Waals surface area contributed by atoms with Gasteiger partial charge in [0.1, 0.15) is 0 Å². The highest BCUT2D eigenvalue weighted by Crippen LogP contribution is 2.13. The Morgan fingerprint density at radius 3 is 2.38 bits per heavy atom. The number of benzene rings is 1. The van der Waals surface area contributed by atoms with E-state index in [1.54, 1.807) is 0 Å². The van der Waals surface area contributed by atoms with Crippen LogP contribution in [0.3, 0.4) is 0 Å². The number of rotatable bonds is 6. The van der Waals surface area contributed by atoms with Crippen molar-refractivity contribution in [3.05, 3.63) is 35.4 Å². The van der Waals surface area contributed by atoms with Crippen LogP contribution in [0, 0.1) is 6.92 Å². The van der Waals surface area contributed by atoms with Gasteiger partial charge >= 0.3 is 12.0 Å². The molecule has 6 nitrogen and oxygen atoms in total. The predicted molar refractivity (Wildman–Crippen MR) is 79.0 cm³/mol. The number of aliphatic hydroxyl groups is 1. The quantitative estimate of drug-likeness (QED) is 0.640. The molecule has 0 heterocycles. The Bertz CT molecular complexity index is 497. The molecule has 0 aliphatic heterocycles. The van der Waals surface area contributed by atoms with Crippen LogP contribution in [0.1, 0.15) is 37.4 Å². The molecule has 2 unspecified atom stereocenters. The Morgan fingerprint density at radius 2 is 1.86 bits per heavy atom. The van der Waals surface area contributed by atoms with E-state index in [4.69, 9.17) is 5.11 Å². The van der Waals surface area contributed by atoms with Crippen molar-refractivity contribution in [2.75, 3.05) is 6.54 Å². The summed E-state index contributed by atoms with van der Waals surface area (Å²) in [5, 5.41) is 23.6.